The van der Waals surface area contributed by atoms with Crippen molar-refractivity contribution < 1.29 is 4.99 Å². The summed E-state index contributed by atoms with van der Waals surface area (Å²) in [6.45, 7) is 8.91. The first-order chi connectivity index (χ1) is 10.1. The van der Waals surface area contributed by atoms with E-state index in [1.165, 1.54) is 33.4 Å². The van der Waals surface area contributed by atoms with Crippen molar-refractivity contribution in [1.82, 2.24) is 0 Å². The molecular formula is C20H22N+. The van der Waals surface area contributed by atoms with Gasteiger partial charge < -0.3 is 0 Å². The van der Waals surface area contributed by atoms with Gasteiger partial charge in [-0.1, -0.05) is 38.1 Å². The first-order valence-electron chi connectivity index (χ1n) is 7.58. The van der Waals surface area contributed by atoms with Gasteiger partial charge in [-0.2, -0.15) is 0 Å². The van der Waals surface area contributed by atoms with E-state index in [1.54, 1.807) is 0 Å². The number of hydrogen-bond acceptors (Lipinski definition) is 0. The first kappa shape index (κ1) is 13.8. The van der Waals surface area contributed by atoms with Crippen molar-refractivity contribution in [3.05, 3.63) is 64.4 Å². The largest absolute Gasteiger partial charge is 0.212 e. The van der Waals surface area contributed by atoms with Crippen LogP contribution in [0.5, 0.6) is 0 Å². The van der Waals surface area contributed by atoms with Crippen LogP contribution in [0.4, 0.5) is 0 Å². The van der Waals surface area contributed by atoms with Crippen molar-refractivity contribution in [2.45, 2.75) is 33.6 Å². The average molecular weight is 276 g/mol. The Bertz CT molecular complexity index is 731. The Hall–Kier alpha value is -2.15. The lowest BCUT2D eigenvalue weighted by molar-refractivity contribution is -0.378. The van der Waals surface area contributed by atoms with E-state index in [2.05, 4.69) is 69.1 Å². The average Bonchev–Trinajstić information content (AvgIpc) is 2.98. The lowest BCUT2D eigenvalue weighted by Crippen LogP contribution is -2.63. The Labute approximate surface area is 127 Å². The smallest absolute Gasteiger partial charge is 0.204 e. The highest BCUT2D eigenvalue weighted by atomic mass is 14.7. The molecule has 0 saturated carbocycles. The van der Waals surface area contributed by atoms with Crippen LogP contribution in [0.3, 0.4) is 0 Å². The molecule has 1 N–H and O–H groups in total. The molecule has 3 rings (SSSR count). The van der Waals surface area contributed by atoms with Crippen molar-refractivity contribution >= 4 is 12.3 Å². The maximum absolute atomic E-state index is 3.26. The molecule has 0 aromatic carbocycles. The van der Waals surface area contributed by atoms with Crippen LogP contribution in [-0.2, 0) is 0 Å². The number of allylic oxidation sites excluding steroid dienone is 2. The molecule has 0 radical (unpaired) electrons. The van der Waals surface area contributed by atoms with Gasteiger partial charge in [0, 0.05) is 18.2 Å². The molecular weight excluding hydrogens is 254 g/mol. The second-order valence-corrected chi connectivity index (χ2v) is 6.16. The highest BCUT2D eigenvalue weighted by molar-refractivity contribution is 5.85. The molecule has 106 valence electrons. The maximum atomic E-state index is 3.26. The summed E-state index contributed by atoms with van der Waals surface area (Å²) in [6.07, 6.45) is 8.34. The Balaban J connectivity index is 2.21. The van der Waals surface area contributed by atoms with Crippen LogP contribution in [0.2, 0.25) is 0 Å². The molecule has 0 saturated heterocycles. The Kier molecular flexibility index (Phi) is 3.50. The minimum absolute atomic E-state index is 0.546. The molecule has 0 bridgehead atoms. The quantitative estimate of drug-likeness (QED) is 0.861. The molecule has 1 aliphatic heterocycles. The van der Waals surface area contributed by atoms with Gasteiger partial charge in [-0.25, -0.2) is 4.99 Å². The summed E-state index contributed by atoms with van der Waals surface area (Å²) in [5, 5.41) is 0. The number of hydrogen-bond donors (Lipinski definition) is 1. The second-order valence-electron chi connectivity index (χ2n) is 6.16. The van der Waals surface area contributed by atoms with Crippen molar-refractivity contribution in [3.63, 3.8) is 0 Å². The van der Waals surface area contributed by atoms with Gasteiger partial charge in [0.05, 0.1) is 0 Å². The van der Waals surface area contributed by atoms with Crippen molar-refractivity contribution in [1.29, 1.82) is 0 Å². The third-order valence-electron chi connectivity index (χ3n) is 4.19. The Morgan fingerprint density at radius 1 is 1.05 bits per heavy atom. The van der Waals surface area contributed by atoms with Crippen LogP contribution < -0.4 is 4.99 Å². The lowest BCUT2D eigenvalue weighted by Gasteiger charge is -2.04. The molecule has 2 aliphatic carbocycles. The van der Waals surface area contributed by atoms with Crippen molar-refractivity contribution in [2.24, 2.45) is 0 Å². The fourth-order valence-electron chi connectivity index (χ4n) is 2.96. The minimum Gasteiger partial charge on any atom is -0.212 e. The van der Waals surface area contributed by atoms with E-state index in [4.69, 9.17) is 0 Å². The van der Waals surface area contributed by atoms with E-state index in [9.17, 15) is 0 Å². The molecule has 0 aromatic rings. The first-order valence-corrected chi connectivity index (χ1v) is 7.58. The summed E-state index contributed by atoms with van der Waals surface area (Å²) >= 11 is 0. The zero-order chi connectivity index (χ0) is 15.0. The molecule has 21 heavy (non-hydrogen) atoms. The van der Waals surface area contributed by atoms with Gasteiger partial charge in [0.1, 0.15) is 0 Å². The monoisotopic (exact) mass is 276 g/mol. The van der Waals surface area contributed by atoms with E-state index < -0.39 is 0 Å². The highest BCUT2D eigenvalue weighted by Crippen LogP contribution is 2.36. The lowest BCUT2D eigenvalue weighted by atomic mass is 10.0. The molecule has 3 aliphatic rings. The van der Waals surface area contributed by atoms with Crippen LogP contribution >= 0.6 is 0 Å². The van der Waals surface area contributed by atoms with Crippen LogP contribution in [0.1, 0.15) is 42.0 Å². The molecule has 0 amide bonds. The normalized spacial score (nSPS) is 15.8. The highest BCUT2D eigenvalue weighted by Gasteiger charge is 2.16. The standard InChI is InChI=1S/C20H21N/c1-13(2)16-8-7-14(3)20-17(10-15(4)19(20)12-16)11-18-6-5-9-21-18/h5-13H,1-4H3/p+1/b18-11-. The topological polar surface area (TPSA) is 14.0 Å². The third kappa shape index (κ3) is 2.56. The van der Waals surface area contributed by atoms with Crippen LogP contribution in [0.25, 0.3) is 17.2 Å². The van der Waals surface area contributed by atoms with E-state index in [1.807, 2.05) is 12.3 Å². The van der Waals surface area contributed by atoms with E-state index in [-0.39, 0.29) is 0 Å². The summed E-state index contributed by atoms with van der Waals surface area (Å²) in [7, 11) is 0. The number of rotatable bonds is 2. The van der Waals surface area contributed by atoms with E-state index in [0.29, 0.717) is 5.92 Å². The summed E-state index contributed by atoms with van der Waals surface area (Å²) < 4.78 is 0. The van der Waals surface area contributed by atoms with Gasteiger partial charge in [0.15, 0.2) is 6.21 Å². The van der Waals surface area contributed by atoms with Crippen LogP contribution in [-0.4, -0.2) is 6.21 Å². The molecule has 1 nitrogen and oxygen atoms in total. The molecule has 0 fully saturated rings. The molecule has 0 aromatic heterocycles. The van der Waals surface area contributed by atoms with E-state index in [0.717, 1.165) is 5.70 Å². The predicted molar refractivity (Wildman–Crippen MR) is 90.8 cm³/mol. The van der Waals surface area contributed by atoms with Crippen molar-refractivity contribution in [3.8, 4) is 11.1 Å². The van der Waals surface area contributed by atoms with Crippen LogP contribution in [0, 0.1) is 13.8 Å². The number of aryl methyl sites for hydroxylation is 2. The van der Waals surface area contributed by atoms with E-state index >= 15 is 0 Å². The number of nitrogens with one attached hydrogen (secondary N) is 1. The number of fused-ring (bicyclic) bond motifs is 1. The summed E-state index contributed by atoms with van der Waals surface area (Å²) in [4.78, 5) is 3.26. The fourth-order valence-corrected chi connectivity index (χ4v) is 2.96. The molecule has 0 unspecified atom stereocenters. The zero-order valence-corrected chi connectivity index (χ0v) is 13.2. The van der Waals surface area contributed by atoms with Gasteiger partial charge in [0.25, 0.3) is 0 Å². The van der Waals surface area contributed by atoms with Gasteiger partial charge >= 0.3 is 0 Å². The van der Waals surface area contributed by atoms with Crippen molar-refractivity contribution in [2.75, 3.05) is 0 Å². The summed E-state index contributed by atoms with van der Waals surface area (Å²) in [5.41, 5.74) is 9.28. The molecule has 0 spiro atoms. The molecule has 1 heteroatoms. The SMILES string of the molecule is Cc1cc(/C=C2/C=CC=[NH+]2)c2c(C)ccc(C(C)C)cc1-2. The van der Waals surface area contributed by atoms with Crippen LogP contribution in [0.15, 0.2) is 42.1 Å². The van der Waals surface area contributed by atoms with Gasteiger partial charge in [0.2, 0.25) is 5.70 Å². The van der Waals surface area contributed by atoms with Gasteiger partial charge in [-0.05, 0) is 53.1 Å². The van der Waals surface area contributed by atoms with Gasteiger partial charge in [-0.3, -0.25) is 0 Å². The summed E-state index contributed by atoms with van der Waals surface area (Å²) in [5.74, 6) is 0.546. The predicted octanol–water partition coefficient (Wildman–Crippen LogP) is 3.59. The third-order valence-corrected chi connectivity index (χ3v) is 4.19. The summed E-state index contributed by atoms with van der Waals surface area (Å²) in [6, 6.07) is 9.16. The zero-order valence-electron chi connectivity index (χ0n) is 13.2. The van der Waals surface area contributed by atoms with Gasteiger partial charge in [-0.15, -0.1) is 0 Å². The Morgan fingerprint density at radius 3 is 2.52 bits per heavy atom. The minimum atomic E-state index is 0.546. The second kappa shape index (κ2) is 5.33. The molecule has 0 atom stereocenters. The Morgan fingerprint density at radius 2 is 1.86 bits per heavy atom. The molecule has 1 heterocycles. The maximum Gasteiger partial charge on any atom is 0.204 e. The fraction of sp³-hybridized carbons (Fsp3) is 0.250.